The second kappa shape index (κ2) is 25.1. The summed E-state index contributed by atoms with van der Waals surface area (Å²) < 4.78 is 29.4. The van der Waals surface area contributed by atoms with Gasteiger partial charge in [0.05, 0.1) is 30.5 Å². The van der Waals surface area contributed by atoms with Gasteiger partial charge in [-0.2, -0.15) is 0 Å². The van der Waals surface area contributed by atoms with Crippen molar-refractivity contribution in [3.05, 3.63) is 47.6 Å². The molecule has 2 unspecified atom stereocenters. The van der Waals surface area contributed by atoms with Crippen LogP contribution in [0.3, 0.4) is 0 Å². The number of methoxy groups -OCH3 is 3. The van der Waals surface area contributed by atoms with Crippen LogP contribution in [0.5, 0.6) is 0 Å². The third kappa shape index (κ3) is 14.3. The fourth-order valence-electron chi connectivity index (χ4n) is 10.1. The van der Waals surface area contributed by atoms with E-state index in [1.54, 1.807) is 41.1 Å². The van der Waals surface area contributed by atoms with Gasteiger partial charge in [-0.05, 0) is 107 Å². The highest BCUT2D eigenvalue weighted by atomic mass is 16.6. The van der Waals surface area contributed by atoms with Crippen molar-refractivity contribution >= 4 is 29.2 Å². The maximum absolute atomic E-state index is 14.4. The Morgan fingerprint density at radius 3 is 2.26 bits per heavy atom. The van der Waals surface area contributed by atoms with Crippen LogP contribution in [0.1, 0.15) is 126 Å². The van der Waals surface area contributed by atoms with E-state index in [1.165, 1.54) is 12.0 Å². The minimum atomic E-state index is -2.43. The number of carbonyl (C=O) groups excluding carboxylic acids is 5. The summed E-state index contributed by atoms with van der Waals surface area (Å²) in [6.07, 6.45) is 11.2. The minimum Gasteiger partial charge on any atom is -0.460 e. The Morgan fingerprint density at radius 2 is 1.58 bits per heavy atom. The van der Waals surface area contributed by atoms with E-state index < -0.39 is 83.9 Å². The first kappa shape index (κ1) is 54.2. The lowest BCUT2D eigenvalue weighted by Crippen LogP contribution is -2.61. The van der Waals surface area contributed by atoms with Crippen LogP contribution in [-0.4, -0.2) is 132 Å². The Labute approximate surface area is 387 Å². The number of aliphatic hydroxyl groups excluding tert-OH is 2. The number of Topliss-reactive ketones (excluding diaryl/α,β-unsaturated/α-hetero) is 3. The maximum Gasteiger partial charge on any atom is 0.329 e. The quantitative estimate of drug-likeness (QED) is 0.202. The first-order chi connectivity index (χ1) is 30.7. The molecule has 2 saturated heterocycles. The number of rotatable bonds is 6. The number of hydrogen-bond acceptors (Lipinski definition) is 13. The lowest BCUT2D eigenvalue weighted by molar-refractivity contribution is -0.265. The van der Waals surface area contributed by atoms with Gasteiger partial charge in [-0.3, -0.25) is 19.2 Å². The monoisotopic (exact) mass is 914 g/mol. The zero-order valence-corrected chi connectivity index (χ0v) is 40.6. The fraction of sp³-hybridized carbons (Fsp3) is 0.745. The molecule has 0 aromatic rings. The predicted molar refractivity (Wildman–Crippen MR) is 245 cm³/mol. The number of piperidine rings is 1. The van der Waals surface area contributed by atoms with Crippen LogP contribution in [-0.2, 0) is 47.7 Å². The Hall–Kier alpha value is -3.37. The van der Waals surface area contributed by atoms with E-state index in [2.05, 4.69) is 0 Å². The molecule has 366 valence electrons. The van der Waals surface area contributed by atoms with Crippen molar-refractivity contribution in [2.45, 2.75) is 180 Å². The number of aliphatic hydroxyl groups is 3. The van der Waals surface area contributed by atoms with E-state index in [1.807, 2.05) is 58.1 Å². The van der Waals surface area contributed by atoms with Crippen LogP contribution in [0.2, 0.25) is 0 Å². The summed E-state index contributed by atoms with van der Waals surface area (Å²) >= 11 is 0. The number of fused-ring (bicyclic) bond motifs is 3. The normalized spacial score (nSPS) is 37.8. The van der Waals surface area contributed by atoms with Crippen molar-refractivity contribution in [3.8, 4) is 0 Å². The predicted octanol–water partition coefficient (Wildman–Crippen LogP) is 6.18. The number of allylic oxidation sites excluding steroid dienone is 6. The molecular formula is C51H79NO13. The van der Waals surface area contributed by atoms with Crippen LogP contribution >= 0.6 is 0 Å². The second-order valence-corrected chi connectivity index (χ2v) is 19.6. The molecule has 0 radical (unpaired) electrons. The van der Waals surface area contributed by atoms with Crippen LogP contribution in [0, 0.1) is 35.5 Å². The summed E-state index contributed by atoms with van der Waals surface area (Å²) in [4.78, 5) is 71.7. The van der Waals surface area contributed by atoms with Gasteiger partial charge < -0.3 is 43.9 Å². The molecule has 1 saturated carbocycles. The molecule has 65 heavy (non-hydrogen) atoms. The third-order valence-electron chi connectivity index (χ3n) is 14.5. The summed E-state index contributed by atoms with van der Waals surface area (Å²) in [5.74, 6) is -7.93. The van der Waals surface area contributed by atoms with E-state index >= 15 is 0 Å². The van der Waals surface area contributed by atoms with Crippen molar-refractivity contribution in [3.63, 3.8) is 0 Å². The molecule has 4 aliphatic rings. The average Bonchev–Trinajstić information content (AvgIpc) is 3.28. The Bertz CT molecular complexity index is 1760. The van der Waals surface area contributed by atoms with Crippen molar-refractivity contribution < 1.29 is 63.0 Å². The van der Waals surface area contributed by atoms with Gasteiger partial charge in [-0.25, -0.2) is 4.79 Å². The number of esters is 1. The van der Waals surface area contributed by atoms with Crippen LogP contribution < -0.4 is 0 Å². The van der Waals surface area contributed by atoms with Gasteiger partial charge in [0, 0.05) is 58.5 Å². The van der Waals surface area contributed by atoms with Gasteiger partial charge >= 0.3 is 5.97 Å². The molecule has 14 nitrogen and oxygen atoms in total. The standard InChI is InChI=1S/C51H79NO13/c1-30-16-12-11-13-17-31(2)42(61-8)28-38-21-19-36(7)51(60,65-38)48(57)49(58)52-23-15-14-18-39(52)50(59)64-43(33(4)26-37-20-22-40(53)44(27-37)62-9)29-41(54)32(3)25-35(6)46(56)47(63-10)45(55)34(5)24-30/h11-13,16-17,25,30,33-40,42-44,46-47,53,56,60H,14-15,18-24,26-29H2,1-10H3/t30-,33-,34-,35?,36-,37+,38+,39+,40-,42+,43+,44-,46?,47+,51-/m1/s1. The lowest BCUT2D eigenvalue weighted by atomic mass is 9.78. The average molecular weight is 914 g/mol. The Morgan fingerprint density at radius 1 is 0.862 bits per heavy atom. The van der Waals surface area contributed by atoms with Crippen molar-refractivity contribution in [1.29, 1.82) is 0 Å². The number of amides is 1. The van der Waals surface area contributed by atoms with E-state index in [4.69, 9.17) is 23.7 Å². The Balaban J connectivity index is 1.70. The van der Waals surface area contributed by atoms with Gasteiger partial charge in [0.25, 0.3) is 11.7 Å². The van der Waals surface area contributed by atoms with Gasteiger partial charge in [-0.1, -0.05) is 71.1 Å². The molecule has 15 atom stereocenters. The largest absolute Gasteiger partial charge is 0.460 e. The number of carbonyl (C=O) groups is 5. The summed E-state index contributed by atoms with van der Waals surface area (Å²) in [5.41, 5.74) is 1.19. The SMILES string of the molecule is CO[C@H]1C[C@@H]2CC[C@@H](C)[C@@](O)(O2)C(=O)C(=O)N2CCCC[C@H]2C(=O)O[C@H]([C@H](C)C[C@@H]2CC[C@@H](O)[C@H](OC)C2)CC(=O)C(C)=CC(C)C(O)[C@@H](OC)C(=O)[C@H](C)C[C@H](C)C=CC=CC=C1C. The van der Waals surface area contributed by atoms with Crippen LogP contribution in [0.25, 0.3) is 0 Å². The molecule has 3 aliphatic heterocycles. The van der Waals surface area contributed by atoms with E-state index in [-0.39, 0.29) is 54.8 Å². The molecular weight excluding hydrogens is 835 g/mol. The highest BCUT2D eigenvalue weighted by Gasteiger charge is 2.53. The van der Waals surface area contributed by atoms with E-state index in [0.29, 0.717) is 63.4 Å². The molecule has 4 rings (SSSR count). The number of ether oxygens (including phenoxy) is 5. The minimum absolute atomic E-state index is 0.0220. The summed E-state index contributed by atoms with van der Waals surface area (Å²) in [7, 11) is 4.53. The first-order valence-corrected chi connectivity index (χ1v) is 23.9. The highest BCUT2D eigenvalue weighted by molar-refractivity contribution is 6.39. The second-order valence-electron chi connectivity index (χ2n) is 19.6. The smallest absolute Gasteiger partial charge is 0.329 e. The molecule has 0 spiro atoms. The molecule has 3 heterocycles. The Kier molecular flexibility index (Phi) is 21.0. The number of hydrogen-bond donors (Lipinski definition) is 3. The van der Waals surface area contributed by atoms with Crippen molar-refractivity contribution in [2.24, 2.45) is 35.5 Å². The van der Waals surface area contributed by atoms with Crippen molar-refractivity contribution in [2.75, 3.05) is 27.9 Å². The van der Waals surface area contributed by atoms with Gasteiger partial charge in [0.15, 0.2) is 11.6 Å². The zero-order valence-electron chi connectivity index (χ0n) is 40.6. The van der Waals surface area contributed by atoms with Gasteiger partial charge in [0.1, 0.15) is 18.2 Å². The molecule has 2 bridgehead atoms. The number of nitrogens with zero attached hydrogens (tertiary/aromatic N) is 1. The van der Waals surface area contributed by atoms with Crippen molar-refractivity contribution in [1.82, 2.24) is 4.90 Å². The molecule has 3 N–H and O–H groups in total. The summed E-state index contributed by atoms with van der Waals surface area (Å²) in [6, 6.07) is -1.14. The zero-order chi connectivity index (χ0) is 48.2. The van der Waals surface area contributed by atoms with E-state index in [0.717, 1.165) is 12.0 Å². The van der Waals surface area contributed by atoms with Gasteiger partial charge in [-0.15, -0.1) is 0 Å². The third-order valence-corrected chi connectivity index (χ3v) is 14.5. The highest BCUT2D eigenvalue weighted by Crippen LogP contribution is 2.38. The maximum atomic E-state index is 14.4. The number of cyclic esters (lactones) is 1. The molecule has 0 aromatic carbocycles. The topological polar surface area (TPSA) is 195 Å². The summed E-state index contributed by atoms with van der Waals surface area (Å²) in [6.45, 7) is 12.7. The molecule has 0 aromatic heterocycles. The lowest BCUT2D eigenvalue weighted by Gasteiger charge is -2.42. The first-order valence-electron chi connectivity index (χ1n) is 23.9. The van der Waals surface area contributed by atoms with Gasteiger partial charge in [0.2, 0.25) is 5.79 Å². The fourth-order valence-corrected chi connectivity index (χ4v) is 10.1. The molecule has 3 fully saturated rings. The number of ketones is 3. The summed E-state index contributed by atoms with van der Waals surface area (Å²) in [5, 5.41) is 33.9. The molecule has 1 aliphatic carbocycles. The molecule has 14 heteroatoms. The van der Waals surface area contributed by atoms with Crippen LogP contribution in [0.4, 0.5) is 0 Å². The van der Waals surface area contributed by atoms with Crippen LogP contribution in [0.15, 0.2) is 47.6 Å². The molecule has 1 amide bonds. The van der Waals surface area contributed by atoms with E-state index in [9.17, 15) is 39.3 Å².